The van der Waals surface area contributed by atoms with E-state index in [4.69, 9.17) is 0 Å². The van der Waals surface area contributed by atoms with Gasteiger partial charge in [0.1, 0.15) is 4.83 Å². The molecular weight excluding hydrogens is 410 g/mol. The van der Waals surface area contributed by atoms with E-state index in [-0.39, 0.29) is 30.1 Å². The van der Waals surface area contributed by atoms with Gasteiger partial charge in [-0.2, -0.15) is 0 Å². The molecule has 2 aromatic rings. The van der Waals surface area contributed by atoms with Crippen molar-refractivity contribution in [2.24, 2.45) is 5.92 Å². The normalized spacial score (nSPS) is 21.6. The maximum atomic E-state index is 14.3. The molecule has 0 aromatic carbocycles. The first-order valence-electron chi connectivity index (χ1n) is 10.6. The lowest BCUT2D eigenvalue weighted by Crippen LogP contribution is -2.45. The molecule has 2 aliphatic carbocycles. The summed E-state index contributed by atoms with van der Waals surface area (Å²) in [4.78, 5) is 27.8. The molecule has 0 amide bonds. The van der Waals surface area contributed by atoms with Crippen molar-refractivity contribution in [3.05, 3.63) is 31.3 Å². The molecule has 2 fully saturated rings. The van der Waals surface area contributed by atoms with Crippen LogP contribution in [0.1, 0.15) is 69.4 Å². The molecule has 0 saturated heterocycles. The number of thiophene rings is 1. The van der Waals surface area contributed by atoms with Gasteiger partial charge in [0.25, 0.3) is 11.5 Å². The van der Waals surface area contributed by atoms with Crippen LogP contribution >= 0.6 is 11.3 Å². The van der Waals surface area contributed by atoms with Crippen molar-refractivity contribution in [3.8, 4) is 0 Å². The quantitative estimate of drug-likeness (QED) is 0.673. The van der Waals surface area contributed by atoms with Crippen molar-refractivity contribution in [3.63, 3.8) is 0 Å². The van der Waals surface area contributed by atoms with Gasteiger partial charge < -0.3 is 0 Å². The van der Waals surface area contributed by atoms with Crippen molar-refractivity contribution in [1.82, 2.24) is 20.0 Å². The highest BCUT2D eigenvalue weighted by Gasteiger charge is 2.44. The third kappa shape index (κ3) is 3.99. The number of halogens is 2. The maximum Gasteiger partial charge on any atom is 0.332 e. The molecule has 0 radical (unpaired) electrons. The topological polar surface area (TPSA) is 68.1 Å². The Balaban J connectivity index is 1.80. The highest BCUT2D eigenvalue weighted by Crippen LogP contribution is 2.42. The second kappa shape index (κ2) is 7.53. The standard InChI is InChI=1S/C21H30F2N4O2S/c1-12-15(10-24-25-20(2,3)4)30-18-16(12)17(28)27(14-7-8-14)19(29)26(18)11-13-6-5-9-21(13,22)23/h13-14,24-25H,5-11H2,1-4H3. The van der Waals surface area contributed by atoms with E-state index >= 15 is 0 Å². The minimum atomic E-state index is -2.76. The van der Waals surface area contributed by atoms with Crippen LogP contribution in [-0.4, -0.2) is 20.6 Å². The van der Waals surface area contributed by atoms with Crippen LogP contribution in [0, 0.1) is 12.8 Å². The summed E-state index contributed by atoms with van der Waals surface area (Å²) in [7, 11) is 0. The summed E-state index contributed by atoms with van der Waals surface area (Å²) in [5, 5.41) is 0.500. The zero-order valence-corrected chi connectivity index (χ0v) is 18.8. The summed E-state index contributed by atoms with van der Waals surface area (Å²) in [6.45, 7) is 8.43. The molecule has 0 aliphatic heterocycles. The molecule has 166 valence electrons. The fourth-order valence-corrected chi connectivity index (χ4v) is 5.47. The monoisotopic (exact) mass is 440 g/mol. The van der Waals surface area contributed by atoms with Crippen LogP contribution in [0.4, 0.5) is 8.78 Å². The SMILES string of the molecule is Cc1c(CNNC(C)(C)C)sc2c1c(=O)n(C1CC1)c(=O)n2CC1CCCC1(F)F. The third-order valence-electron chi connectivity index (χ3n) is 6.03. The van der Waals surface area contributed by atoms with E-state index in [0.29, 0.717) is 29.6 Å². The van der Waals surface area contributed by atoms with Gasteiger partial charge in [-0.3, -0.25) is 24.8 Å². The van der Waals surface area contributed by atoms with E-state index in [9.17, 15) is 18.4 Å². The molecule has 2 N–H and O–H groups in total. The highest BCUT2D eigenvalue weighted by atomic mass is 32.1. The number of aryl methyl sites for hydroxylation is 1. The number of alkyl halides is 2. The van der Waals surface area contributed by atoms with Gasteiger partial charge in [-0.25, -0.2) is 13.6 Å². The molecule has 1 atom stereocenters. The van der Waals surface area contributed by atoms with E-state index in [1.165, 1.54) is 20.5 Å². The number of nitrogens with zero attached hydrogens (tertiary/aromatic N) is 2. The molecule has 30 heavy (non-hydrogen) atoms. The Morgan fingerprint density at radius 3 is 2.47 bits per heavy atom. The van der Waals surface area contributed by atoms with Crippen LogP contribution in [0.15, 0.2) is 9.59 Å². The first kappa shape index (κ1) is 21.6. The number of fused-ring (bicyclic) bond motifs is 1. The van der Waals surface area contributed by atoms with E-state index in [0.717, 1.165) is 23.3 Å². The Kier molecular flexibility index (Phi) is 5.43. The molecular formula is C21H30F2N4O2S. The van der Waals surface area contributed by atoms with Gasteiger partial charge in [-0.1, -0.05) is 0 Å². The van der Waals surface area contributed by atoms with Gasteiger partial charge in [-0.15, -0.1) is 11.3 Å². The molecule has 2 aromatic heterocycles. The molecule has 0 bridgehead atoms. The number of hydrazine groups is 1. The Morgan fingerprint density at radius 2 is 1.90 bits per heavy atom. The highest BCUT2D eigenvalue weighted by molar-refractivity contribution is 7.18. The van der Waals surface area contributed by atoms with Crippen LogP contribution in [0.2, 0.25) is 0 Å². The van der Waals surface area contributed by atoms with Gasteiger partial charge >= 0.3 is 5.69 Å². The van der Waals surface area contributed by atoms with Crippen molar-refractivity contribution in [2.45, 2.75) is 90.4 Å². The van der Waals surface area contributed by atoms with Crippen LogP contribution in [-0.2, 0) is 13.1 Å². The summed E-state index contributed by atoms with van der Waals surface area (Å²) in [5.41, 5.74) is 6.35. The molecule has 2 aliphatic rings. The molecule has 9 heteroatoms. The van der Waals surface area contributed by atoms with Crippen LogP contribution < -0.4 is 22.1 Å². The van der Waals surface area contributed by atoms with Crippen LogP contribution in [0.5, 0.6) is 0 Å². The fourth-order valence-electron chi connectivity index (χ4n) is 4.23. The van der Waals surface area contributed by atoms with Gasteiger partial charge in [0.2, 0.25) is 0 Å². The number of hydrogen-bond acceptors (Lipinski definition) is 5. The number of hydrogen-bond donors (Lipinski definition) is 2. The molecule has 2 heterocycles. The summed E-state index contributed by atoms with van der Waals surface area (Å²) in [5.74, 6) is -3.63. The molecule has 0 spiro atoms. The van der Waals surface area contributed by atoms with Crippen molar-refractivity contribution in [2.75, 3.05) is 0 Å². The lowest BCUT2D eigenvalue weighted by molar-refractivity contribution is -0.0422. The minimum absolute atomic E-state index is 0.0393. The Bertz CT molecular complexity index is 1080. The first-order valence-corrected chi connectivity index (χ1v) is 11.5. The maximum absolute atomic E-state index is 14.3. The second-order valence-corrected chi connectivity index (χ2v) is 10.8. The Labute approximate surface area is 178 Å². The Morgan fingerprint density at radius 1 is 1.20 bits per heavy atom. The zero-order chi connectivity index (χ0) is 21.8. The number of nitrogens with one attached hydrogen (secondary N) is 2. The predicted molar refractivity (Wildman–Crippen MR) is 115 cm³/mol. The summed E-state index contributed by atoms with van der Waals surface area (Å²) >= 11 is 1.36. The van der Waals surface area contributed by atoms with E-state index in [1.807, 2.05) is 27.7 Å². The fraction of sp³-hybridized carbons (Fsp3) is 0.714. The van der Waals surface area contributed by atoms with E-state index < -0.39 is 17.5 Å². The van der Waals surface area contributed by atoms with Crippen molar-refractivity contribution < 1.29 is 8.78 Å². The van der Waals surface area contributed by atoms with Crippen molar-refractivity contribution in [1.29, 1.82) is 0 Å². The lowest BCUT2D eigenvalue weighted by Gasteiger charge is -2.21. The zero-order valence-electron chi connectivity index (χ0n) is 18.0. The molecule has 6 nitrogen and oxygen atoms in total. The minimum Gasteiger partial charge on any atom is -0.284 e. The largest absolute Gasteiger partial charge is 0.332 e. The van der Waals surface area contributed by atoms with Gasteiger partial charge in [0.15, 0.2) is 0 Å². The third-order valence-corrected chi connectivity index (χ3v) is 7.34. The van der Waals surface area contributed by atoms with E-state index in [2.05, 4.69) is 10.9 Å². The van der Waals surface area contributed by atoms with Gasteiger partial charge in [0, 0.05) is 41.9 Å². The Hall–Kier alpha value is -1.58. The summed E-state index contributed by atoms with van der Waals surface area (Å²) in [6, 6.07) is -0.104. The molecule has 4 rings (SSSR count). The molecule has 2 saturated carbocycles. The van der Waals surface area contributed by atoms with Gasteiger partial charge in [-0.05, 0) is 58.9 Å². The van der Waals surface area contributed by atoms with Gasteiger partial charge in [0.05, 0.1) is 5.39 Å². The lowest BCUT2D eigenvalue weighted by atomic mass is 10.1. The van der Waals surface area contributed by atoms with Crippen LogP contribution in [0.25, 0.3) is 10.2 Å². The van der Waals surface area contributed by atoms with E-state index in [1.54, 1.807) is 0 Å². The first-order chi connectivity index (χ1) is 14.0. The smallest absolute Gasteiger partial charge is 0.284 e. The van der Waals surface area contributed by atoms with Crippen molar-refractivity contribution >= 4 is 21.6 Å². The average molecular weight is 441 g/mol. The average Bonchev–Trinajstić information content (AvgIpc) is 3.32. The second-order valence-electron chi connectivity index (χ2n) is 9.71. The summed E-state index contributed by atoms with van der Waals surface area (Å²) in [6.07, 6.45) is 2.31. The summed E-state index contributed by atoms with van der Waals surface area (Å²) < 4.78 is 31.4. The molecule has 1 unspecified atom stereocenters. The predicted octanol–water partition coefficient (Wildman–Crippen LogP) is 3.70. The van der Waals surface area contributed by atoms with Crippen LogP contribution in [0.3, 0.4) is 0 Å². The number of rotatable bonds is 6. The number of aromatic nitrogens is 2.